The molecule has 0 aromatic heterocycles. The van der Waals surface area contributed by atoms with E-state index in [-0.39, 0.29) is 11.9 Å². The Bertz CT molecular complexity index is 387. The average Bonchev–Trinajstić information content (AvgIpc) is 2.41. The van der Waals surface area contributed by atoms with E-state index in [1.54, 1.807) is 0 Å². The first-order valence-electron chi connectivity index (χ1n) is 7.22. The number of ether oxygens (including phenoxy) is 3. The van der Waals surface area contributed by atoms with Gasteiger partial charge in [-0.15, -0.1) is 0 Å². The summed E-state index contributed by atoms with van der Waals surface area (Å²) in [5, 5.41) is 0. The lowest BCUT2D eigenvalue weighted by Gasteiger charge is -2.22. The smallest absolute Gasteiger partial charge is 0.309 e. The van der Waals surface area contributed by atoms with E-state index in [4.69, 9.17) is 14.2 Å². The van der Waals surface area contributed by atoms with Crippen molar-refractivity contribution in [2.75, 3.05) is 26.4 Å². The van der Waals surface area contributed by atoms with E-state index in [0.717, 1.165) is 24.8 Å². The zero-order chi connectivity index (χ0) is 14.0. The van der Waals surface area contributed by atoms with Crippen LogP contribution in [-0.2, 0) is 25.6 Å². The van der Waals surface area contributed by atoms with E-state index in [0.29, 0.717) is 33.0 Å². The first-order chi connectivity index (χ1) is 9.86. The molecule has 1 aliphatic carbocycles. The van der Waals surface area contributed by atoms with Gasteiger partial charge in [-0.25, -0.2) is 0 Å². The number of hydrogen-bond donors (Lipinski definition) is 0. The van der Waals surface area contributed by atoms with Gasteiger partial charge in [0.25, 0.3) is 0 Å². The second kappa shape index (κ2) is 8.72. The van der Waals surface area contributed by atoms with Crippen LogP contribution in [0.5, 0.6) is 0 Å². The van der Waals surface area contributed by atoms with Gasteiger partial charge in [-0.1, -0.05) is 36.8 Å². The maximum Gasteiger partial charge on any atom is 0.309 e. The molecule has 1 saturated carbocycles. The third-order valence-corrected chi connectivity index (χ3v) is 3.39. The number of rotatable bonds is 9. The summed E-state index contributed by atoms with van der Waals surface area (Å²) in [5.41, 5.74) is 1.15. The van der Waals surface area contributed by atoms with Gasteiger partial charge in [0.1, 0.15) is 6.61 Å². The fraction of sp³-hybridized carbons (Fsp3) is 0.562. The van der Waals surface area contributed by atoms with Crippen molar-refractivity contribution in [3.05, 3.63) is 35.9 Å². The van der Waals surface area contributed by atoms with Crippen LogP contribution >= 0.6 is 0 Å². The Morgan fingerprint density at radius 1 is 1.00 bits per heavy atom. The van der Waals surface area contributed by atoms with Crippen molar-refractivity contribution < 1.29 is 19.0 Å². The largest absolute Gasteiger partial charge is 0.463 e. The summed E-state index contributed by atoms with van der Waals surface area (Å²) in [7, 11) is 0. The topological polar surface area (TPSA) is 44.8 Å². The summed E-state index contributed by atoms with van der Waals surface area (Å²) in [6, 6.07) is 10.0. The molecule has 0 atom stereocenters. The Balaban J connectivity index is 1.39. The van der Waals surface area contributed by atoms with Gasteiger partial charge < -0.3 is 14.2 Å². The van der Waals surface area contributed by atoms with Crippen molar-refractivity contribution in [1.29, 1.82) is 0 Å². The molecule has 1 aliphatic rings. The highest BCUT2D eigenvalue weighted by atomic mass is 16.6. The minimum Gasteiger partial charge on any atom is -0.463 e. The Morgan fingerprint density at radius 3 is 2.40 bits per heavy atom. The molecule has 0 heterocycles. The van der Waals surface area contributed by atoms with E-state index >= 15 is 0 Å². The van der Waals surface area contributed by atoms with Crippen molar-refractivity contribution >= 4 is 5.97 Å². The second-order valence-corrected chi connectivity index (χ2v) is 4.95. The highest BCUT2D eigenvalue weighted by Crippen LogP contribution is 2.27. The summed E-state index contributed by atoms with van der Waals surface area (Å²) in [6.07, 6.45) is 3.11. The van der Waals surface area contributed by atoms with E-state index in [1.807, 2.05) is 30.3 Å². The second-order valence-electron chi connectivity index (χ2n) is 4.95. The fourth-order valence-corrected chi connectivity index (χ4v) is 1.95. The molecular weight excluding hydrogens is 256 g/mol. The predicted octanol–water partition coefficient (Wildman–Crippen LogP) is 2.56. The monoisotopic (exact) mass is 278 g/mol. The molecular formula is C16H22O4. The SMILES string of the molecule is O=C(OCCOCCOCc1ccccc1)C1CCC1. The molecule has 0 bridgehead atoms. The van der Waals surface area contributed by atoms with Crippen molar-refractivity contribution in [2.45, 2.75) is 25.9 Å². The fourth-order valence-electron chi connectivity index (χ4n) is 1.95. The van der Waals surface area contributed by atoms with Crippen LogP contribution in [0.15, 0.2) is 30.3 Å². The molecule has 1 fully saturated rings. The van der Waals surface area contributed by atoms with Crippen LogP contribution in [-0.4, -0.2) is 32.4 Å². The summed E-state index contributed by atoms with van der Waals surface area (Å²) in [5.74, 6) is 0.0735. The van der Waals surface area contributed by atoms with Gasteiger partial charge in [0.05, 0.1) is 32.3 Å². The van der Waals surface area contributed by atoms with E-state index in [9.17, 15) is 4.79 Å². The Labute approximate surface area is 120 Å². The Morgan fingerprint density at radius 2 is 1.70 bits per heavy atom. The maximum atomic E-state index is 11.4. The highest BCUT2D eigenvalue weighted by molar-refractivity contribution is 5.73. The first kappa shape index (κ1) is 15.0. The third kappa shape index (κ3) is 5.31. The molecule has 20 heavy (non-hydrogen) atoms. The molecule has 0 saturated heterocycles. The van der Waals surface area contributed by atoms with Gasteiger partial charge in [-0.05, 0) is 18.4 Å². The van der Waals surface area contributed by atoms with E-state index in [1.165, 1.54) is 0 Å². The number of carbonyl (C=O) groups is 1. The Hall–Kier alpha value is -1.39. The molecule has 1 aromatic rings. The minimum atomic E-state index is -0.0693. The molecule has 1 aromatic carbocycles. The number of carbonyl (C=O) groups excluding carboxylic acids is 1. The van der Waals surface area contributed by atoms with Crippen molar-refractivity contribution in [3.8, 4) is 0 Å². The van der Waals surface area contributed by atoms with E-state index < -0.39 is 0 Å². The molecule has 0 unspecified atom stereocenters. The van der Waals surface area contributed by atoms with Crippen LogP contribution < -0.4 is 0 Å². The molecule has 0 amide bonds. The molecule has 0 spiro atoms. The number of benzene rings is 1. The van der Waals surface area contributed by atoms with Gasteiger partial charge >= 0.3 is 5.97 Å². The summed E-state index contributed by atoms with van der Waals surface area (Å²) in [6.45, 7) is 2.45. The molecule has 0 radical (unpaired) electrons. The lowest BCUT2D eigenvalue weighted by Crippen LogP contribution is -2.25. The van der Waals surface area contributed by atoms with E-state index in [2.05, 4.69) is 0 Å². The van der Waals surface area contributed by atoms with Gasteiger partial charge in [-0.2, -0.15) is 0 Å². The standard InChI is InChI=1S/C16H22O4/c17-16(15-7-4-8-15)20-12-11-18-9-10-19-13-14-5-2-1-3-6-14/h1-3,5-6,15H,4,7-13H2. The molecule has 4 heteroatoms. The third-order valence-electron chi connectivity index (χ3n) is 3.39. The summed E-state index contributed by atoms with van der Waals surface area (Å²) >= 11 is 0. The van der Waals surface area contributed by atoms with Gasteiger partial charge in [-0.3, -0.25) is 4.79 Å². The van der Waals surface area contributed by atoms with Gasteiger partial charge in [0, 0.05) is 0 Å². The number of hydrogen-bond acceptors (Lipinski definition) is 4. The summed E-state index contributed by atoms with van der Waals surface area (Å²) in [4.78, 5) is 11.4. The lowest BCUT2D eigenvalue weighted by atomic mass is 9.86. The quantitative estimate of drug-likeness (QED) is 0.514. The van der Waals surface area contributed by atoms with Crippen molar-refractivity contribution in [1.82, 2.24) is 0 Å². The van der Waals surface area contributed by atoms with Gasteiger partial charge in [0.2, 0.25) is 0 Å². The van der Waals surface area contributed by atoms with Crippen LogP contribution in [0, 0.1) is 5.92 Å². The van der Waals surface area contributed by atoms with Crippen LogP contribution in [0.3, 0.4) is 0 Å². The molecule has 0 aliphatic heterocycles. The zero-order valence-electron chi connectivity index (χ0n) is 11.8. The zero-order valence-corrected chi connectivity index (χ0v) is 11.8. The van der Waals surface area contributed by atoms with Gasteiger partial charge in [0.15, 0.2) is 0 Å². The van der Waals surface area contributed by atoms with Crippen molar-refractivity contribution in [3.63, 3.8) is 0 Å². The average molecular weight is 278 g/mol. The highest BCUT2D eigenvalue weighted by Gasteiger charge is 2.26. The maximum absolute atomic E-state index is 11.4. The number of esters is 1. The normalized spacial score (nSPS) is 14.8. The minimum absolute atomic E-state index is 0.0693. The Kier molecular flexibility index (Phi) is 6.54. The first-order valence-corrected chi connectivity index (χ1v) is 7.22. The summed E-state index contributed by atoms with van der Waals surface area (Å²) < 4.78 is 15.9. The molecule has 0 N–H and O–H groups in total. The van der Waals surface area contributed by atoms with Crippen molar-refractivity contribution in [2.24, 2.45) is 5.92 Å². The predicted molar refractivity (Wildman–Crippen MR) is 75.2 cm³/mol. The van der Waals surface area contributed by atoms with Crippen LogP contribution in [0.2, 0.25) is 0 Å². The lowest BCUT2D eigenvalue weighted by molar-refractivity contribution is -0.153. The molecule has 2 rings (SSSR count). The molecule has 110 valence electrons. The molecule has 4 nitrogen and oxygen atoms in total. The van der Waals surface area contributed by atoms with Crippen LogP contribution in [0.4, 0.5) is 0 Å². The van der Waals surface area contributed by atoms with Crippen LogP contribution in [0.25, 0.3) is 0 Å². The van der Waals surface area contributed by atoms with Crippen LogP contribution in [0.1, 0.15) is 24.8 Å².